The zero-order valence-electron chi connectivity index (χ0n) is 11.3. The molecule has 6 nitrogen and oxygen atoms in total. The largest absolute Gasteiger partial charge is 0.339 e. The van der Waals surface area contributed by atoms with Crippen LogP contribution in [0.4, 0.5) is 0 Å². The van der Waals surface area contributed by atoms with Gasteiger partial charge < -0.3 is 9.42 Å². The van der Waals surface area contributed by atoms with Crippen molar-refractivity contribution in [2.24, 2.45) is 0 Å². The molecule has 0 saturated carbocycles. The Hall–Kier alpha value is -2.24. The highest BCUT2D eigenvalue weighted by molar-refractivity contribution is 5.79. The summed E-state index contributed by atoms with van der Waals surface area (Å²) in [6.07, 6.45) is 2.90. The third-order valence-corrected chi connectivity index (χ3v) is 3.44. The Bertz CT molecular complexity index is 596. The quantitative estimate of drug-likeness (QED) is 0.844. The summed E-state index contributed by atoms with van der Waals surface area (Å²) in [6.45, 7) is 3.12. The fraction of sp³-hybridized carbons (Fsp3) is 0.429. The lowest BCUT2D eigenvalue weighted by molar-refractivity contribution is -0.128. The van der Waals surface area contributed by atoms with Gasteiger partial charge in [-0.2, -0.15) is 4.98 Å². The van der Waals surface area contributed by atoms with E-state index < -0.39 is 0 Å². The monoisotopic (exact) mass is 272 g/mol. The molecule has 1 unspecified atom stereocenters. The van der Waals surface area contributed by atoms with Gasteiger partial charge in [0.05, 0.1) is 18.2 Å². The van der Waals surface area contributed by atoms with Crippen molar-refractivity contribution >= 4 is 5.91 Å². The van der Waals surface area contributed by atoms with Gasteiger partial charge in [0.15, 0.2) is 5.82 Å². The molecular formula is C14H16N4O2. The lowest BCUT2D eigenvalue weighted by atomic mass is 10.1. The molecule has 0 N–H and O–H groups in total. The first-order chi connectivity index (χ1) is 9.76. The molecule has 2 aromatic rings. The van der Waals surface area contributed by atoms with Crippen LogP contribution in [0.5, 0.6) is 0 Å². The van der Waals surface area contributed by atoms with Gasteiger partial charge >= 0.3 is 0 Å². The summed E-state index contributed by atoms with van der Waals surface area (Å²) in [6, 6.07) is 5.71. The lowest BCUT2D eigenvalue weighted by Gasteiger charge is -2.15. The van der Waals surface area contributed by atoms with Crippen LogP contribution in [0, 0.1) is 0 Å². The molecule has 20 heavy (non-hydrogen) atoms. The molecule has 0 aromatic carbocycles. The van der Waals surface area contributed by atoms with Crippen LogP contribution in [0.2, 0.25) is 0 Å². The molecule has 3 heterocycles. The molecule has 0 radical (unpaired) electrons. The van der Waals surface area contributed by atoms with Crippen molar-refractivity contribution in [2.75, 3.05) is 6.54 Å². The molecule has 3 rings (SSSR count). The number of hydrogen-bond acceptors (Lipinski definition) is 5. The number of likely N-dealkylation sites (tertiary alicyclic amines) is 1. The van der Waals surface area contributed by atoms with Gasteiger partial charge in [0.25, 0.3) is 0 Å². The summed E-state index contributed by atoms with van der Waals surface area (Å²) in [5.74, 6) is 1.37. The molecule has 1 amide bonds. The van der Waals surface area contributed by atoms with Crippen molar-refractivity contribution in [3.05, 3.63) is 41.8 Å². The molecular weight excluding hydrogens is 256 g/mol. The van der Waals surface area contributed by atoms with Gasteiger partial charge in [0.1, 0.15) is 0 Å². The van der Waals surface area contributed by atoms with E-state index in [-0.39, 0.29) is 11.8 Å². The zero-order valence-corrected chi connectivity index (χ0v) is 11.3. The number of hydrogen-bond donors (Lipinski definition) is 0. The van der Waals surface area contributed by atoms with Gasteiger partial charge in [-0.05, 0) is 12.1 Å². The van der Waals surface area contributed by atoms with E-state index in [2.05, 4.69) is 15.1 Å². The van der Waals surface area contributed by atoms with Crippen molar-refractivity contribution in [1.82, 2.24) is 20.0 Å². The zero-order chi connectivity index (χ0) is 13.9. The molecule has 1 aliphatic heterocycles. The van der Waals surface area contributed by atoms with Gasteiger partial charge in [0.2, 0.25) is 11.8 Å². The molecule has 1 saturated heterocycles. The van der Waals surface area contributed by atoms with Crippen molar-refractivity contribution < 1.29 is 9.32 Å². The number of nitrogens with zero attached hydrogens (tertiary/aromatic N) is 4. The molecule has 104 valence electrons. The van der Waals surface area contributed by atoms with Gasteiger partial charge in [0, 0.05) is 25.6 Å². The summed E-state index contributed by atoms with van der Waals surface area (Å²) in [7, 11) is 0. The van der Waals surface area contributed by atoms with Crippen molar-refractivity contribution in [3.63, 3.8) is 0 Å². The Morgan fingerprint density at radius 1 is 1.45 bits per heavy atom. The van der Waals surface area contributed by atoms with Crippen LogP contribution >= 0.6 is 0 Å². The SMILES string of the molecule is CCc1noc(C2CC(=O)N(Cc3ccccn3)C2)n1. The minimum Gasteiger partial charge on any atom is -0.339 e. The van der Waals surface area contributed by atoms with E-state index in [4.69, 9.17) is 4.52 Å². The van der Waals surface area contributed by atoms with Crippen LogP contribution in [0.15, 0.2) is 28.9 Å². The summed E-state index contributed by atoms with van der Waals surface area (Å²) in [4.78, 5) is 22.4. The van der Waals surface area contributed by atoms with Crippen LogP contribution in [-0.4, -0.2) is 32.5 Å². The normalized spacial score (nSPS) is 18.8. The predicted octanol–water partition coefficient (Wildman–Crippen LogP) is 1.54. The highest BCUT2D eigenvalue weighted by atomic mass is 16.5. The maximum atomic E-state index is 12.0. The van der Waals surface area contributed by atoms with Crippen LogP contribution in [0.25, 0.3) is 0 Å². The third-order valence-electron chi connectivity index (χ3n) is 3.44. The number of rotatable bonds is 4. The second kappa shape index (κ2) is 5.40. The van der Waals surface area contributed by atoms with E-state index in [9.17, 15) is 4.79 Å². The van der Waals surface area contributed by atoms with Crippen molar-refractivity contribution in [3.8, 4) is 0 Å². The van der Waals surface area contributed by atoms with Gasteiger partial charge in [-0.3, -0.25) is 9.78 Å². The molecule has 6 heteroatoms. The molecule has 1 atom stereocenters. The maximum Gasteiger partial charge on any atom is 0.232 e. The van der Waals surface area contributed by atoms with E-state index in [1.807, 2.05) is 25.1 Å². The minimum absolute atomic E-state index is 0.000915. The van der Waals surface area contributed by atoms with E-state index in [1.165, 1.54) is 0 Å². The highest BCUT2D eigenvalue weighted by Gasteiger charge is 2.34. The van der Waals surface area contributed by atoms with Crippen LogP contribution in [-0.2, 0) is 17.8 Å². The van der Waals surface area contributed by atoms with E-state index in [0.29, 0.717) is 31.2 Å². The van der Waals surface area contributed by atoms with E-state index >= 15 is 0 Å². The van der Waals surface area contributed by atoms with Crippen LogP contribution in [0.1, 0.15) is 36.7 Å². The number of amides is 1. The Morgan fingerprint density at radius 3 is 3.05 bits per heavy atom. The molecule has 2 aromatic heterocycles. The van der Waals surface area contributed by atoms with Gasteiger partial charge in [-0.1, -0.05) is 18.1 Å². The molecule has 0 bridgehead atoms. The van der Waals surface area contributed by atoms with Gasteiger partial charge in [-0.25, -0.2) is 0 Å². The van der Waals surface area contributed by atoms with Crippen molar-refractivity contribution in [2.45, 2.75) is 32.2 Å². The number of aryl methyl sites for hydroxylation is 1. The first-order valence-corrected chi connectivity index (χ1v) is 6.76. The Morgan fingerprint density at radius 2 is 2.35 bits per heavy atom. The lowest BCUT2D eigenvalue weighted by Crippen LogP contribution is -2.24. The minimum atomic E-state index is -0.000915. The summed E-state index contributed by atoms with van der Waals surface area (Å²) in [5.41, 5.74) is 0.890. The molecule has 0 aliphatic carbocycles. The topological polar surface area (TPSA) is 72.1 Å². The number of carbonyl (C=O) groups excluding carboxylic acids is 1. The Labute approximate surface area is 116 Å². The average molecular weight is 272 g/mol. The van der Waals surface area contributed by atoms with Crippen molar-refractivity contribution in [1.29, 1.82) is 0 Å². The molecule has 1 aliphatic rings. The summed E-state index contributed by atoms with van der Waals surface area (Å²) < 4.78 is 5.23. The molecule has 1 fully saturated rings. The maximum absolute atomic E-state index is 12.0. The number of pyridine rings is 1. The molecule has 0 spiro atoms. The summed E-state index contributed by atoms with van der Waals surface area (Å²) >= 11 is 0. The van der Waals surface area contributed by atoms with E-state index in [0.717, 1.165) is 12.1 Å². The first-order valence-electron chi connectivity index (χ1n) is 6.76. The Balaban J connectivity index is 1.69. The predicted molar refractivity (Wildman–Crippen MR) is 70.7 cm³/mol. The fourth-order valence-corrected chi connectivity index (χ4v) is 2.35. The fourth-order valence-electron chi connectivity index (χ4n) is 2.35. The van der Waals surface area contributed by atoms with Crippen LogP contribution < -0.4 is 0 Å². The summed E-state index contributed by atoms with van der Waals surface area (Å²) in [5, 5.41) is 3.89. The highest BCUT2D eigenvalue weighted by Crippen LogP contribution is 2.27. The Kier molecular flexibility index (Phi) is 3.45. The smallest absolute Gasteiger partial charge is 0.232 e. The second-order valence-electron chi connectivity index (χ2n) is 4.90. The van der Waals surface area contributed by atoms with Gasteiger partial charge in [-0.15, -0.1) is 0 Å². The third kappa shape index (κ3) is 2.54. The average Bonchev–Trinajstić information content (AvgIpc) is 3.07. The first kappa shape index (κ1) is 12.8. The standard InChI is InChI=1S/C14H16N4O2/c1-2-12-16-14(20-17-12)10-7-13(19)18(8-10)9-11-5-3-4-6-15-11/h3-6,10H,2,7-9H2,1H3. The number of aromatic nitrogens is 3. The van der Waals surface area contributed by atoms with E-state index in [1.54, 1.807) is 11.1 Å². The second-order valence-corrected chi connectivity index (χ2v) is 4.90. The van der Waals surface area contributed by atoms with Crippen LogP contribution in [0.3, 0.4) is 0 Å². The number of carbonyl (C=O) groups is 1.